The molecule has 0 unspecified atom stereocenters. The first-order valence-electron chi connectivity index (χ1n) is 6.35. The van der Waals surface area contributed by atoms with E-state index in [0.717, 1.165) is 18.8 Å². The van der Waals surface area contributed by atoms with Crippen LogP contribution in [0.15, 0.2) is 30.3 Å². The molecule has 0 aliphatic heterocycles. The molecule has 4 nitrogen and oxygen atoms in total. The van der Waals surface area contributed by atoms with E-state index in [2.05, 4.69) is 36.4 Å². The van der Waals surface area contributed by atoms with Crippen LogP contribution in [0, 0.1) is 0 Å². The Morgan fingerprint density at radius 1 is 1.28 bits per heavy atom. The van der Waals surface area contributed by atoms with Gasteiger partial charge < -0.3 is 15.5 Å². The lowest BCUT2D eigenvalue weighted by molar-refractivity contribution is -0.115. The maximum Gasteiger partial charge on any atom is 0.238 e. The van der Waals surface area contributed by atoms with Crippen molar-refractivity contribution in [3.8, 4) is 0 Å². The molecule has 0 radical (unpaired) electrons. The largest absolute Gasteiger partial charge is 0.325 e. The molecular weight excluding hydrogens is 226 g/mol. The molecule has 1 aromatic rings. The van der Waals surface area contributed by atoms with E-state index in [1.807, 2.05) is 30.3 Å². The number of carbonyl (C=O) groups excluding carboxylic acids is 1. The molecule has 1 amide bonds. The van der Waals surface area contributed by atoms with Crippen LogP contribution in [-0.2, 0) is 4.79 Å². The fraction of sp³-hybridized carbons (Fsp3) is 0.500. The Morgan fingerprint density at radius 2 is 1.94 bits per heavy atom. The highest BCUT2D eigenvalue weighted by Gasteiger charge is 2.04. The minimum absolute atomic E-state index is 0.00611. The van der Waals surface area contributed by atoms with Crippen LogP contribution < -0.4 is 10.6 Å². The third kappa shape index (κ3) is 5.80. The quantitative estimate of drug-likeness (QED) is 0.721. The molecule has 0 heterocycles. The normalized spacial score (nSPS) is 10.9. The second kappa shape index (κ2) is 7.84. The highest BCUT2D eigenvalue weighted by molar-refractivity contribution is 5.92. The molecule has 0 saturated carbocycles. The van der Waals surface area contributed by atoms with Gasteiger partial charge in [0.15, 0.2) is 0 Å². The number of hydrogen-bond donors (Lipinski definition) is 2. The molecular formula is C14H23N3O. The van der Waals surface area contributed by atoms with E-state index >= 15 is 0 Å². The second-order valence-corrected chi connectivity index (χ2v) is 4.67. The predicted octanol–water partition coefficient (Wildman–Crippen LogP) is 1.55. The highest BCUT2D eigenvalue weighted by atomic mass is 16.1. The lowest BCUT2D eigenvalue weighted by Crippen LogP contribution is -2.36. The maximum atomic E-state index is 11.6. The summed E-state index contributed by atoms with van der Waals surface area (Å²) < 4.78 is 0. The Morgan fingerprint density at radius 3 is 2.56 bits per heavy atom. The Kier molecular flexibility index (Phi) is 6.39. The van der Waals surface area contributed by atoms with Crippen molar-refractivity contribution in [3.05, 3.63) is 30.3 Å². The number of hydrogen-bond acceptors (Lipinski definition) is 3. The van der Waals surface area contributed by atoms with E-state index in [1.165, 1.54) is 0 Å². The van der Waals surface area contributed by atoms with Crippen molar-refractivity contribution in [2.24, 2.45) is 0 Å². The Hall–Kier alpha value is -1.39. The van der Waals surface area contributed by atoms with Gasteiger partial charge in [-0.15, -0.1) is 0 Å². The first-order valence-corrected chi connectivity index (χ1v) is 6.35. The summed E-state index contributed by atoms with van der Waals surface area (Å²) in [5.74, 6) is -0.00611. The summed E-state index contributed by atoms with van der Waals surface area (Å²) in [5, 5.41) is 5.98. The Bertz CT molecular complexity index is 351. The van der Waals surface area contributed by atoms with Gasteiger partial charge in [0.25, 0.3) is 0 Å². The zero-order valence-corrected chi connectivity index (χ0v) is 11.4. The van der Waals surface area contributed by atoms with E-state index < -0.39 is 0 Å². The van der Waals surface area contributed by atoms with Gasteiger partial charge in [-0.2, -0.15) is 0 Å². The number of para-hydroxylation sites is 1. The molecule has 18 heavy (non-hydrogen) atoms. The van der Waals surface area contributed by atoms with Crippen LogP contribution in [0.4, 0.5) is 5.69 Å². The zero-order chi connectivity index (χ0) is 13.4. The minimum Gasteiger partial charge on any atom is -0.325 e. The number of anilines is 1. The van der Waals surface area contributed by atoms with Gasteiger partial charge in [0.1, 0.15) is 0 Å². The highest BCUT2D eigenvalue weighted by Crippen LogP contribution is 2.03. The van der Waals surface area contributed by atoms with E-state index in [0.29, 0.717) is 12.6 Å². The minimum atomic E-state index is -0.00611. The van der Waals surface area contributed by atoms with Crippen molar-refractivity contribution in [1.29, 1.82) is 0 Å². The predicted molar refractivity (Wildman–Crippen MR) is 75.7 cm³/mol. The van der Waals surface area contributed by atoms with Crippen molar-refractivity contribution in [2.45, 2.75) is 19.9 Å². The van der Waals surface area contributed by atoms with Crippen molar-refractivity contribution in [3.63, 3.8) is 0 Å². The summed E-state index contributed by atoms with van der Waals surface area (Å²) in [5.41, 5.74) is 0.837. The number of benzene rings is 1. The van der Waals surface area contributed by atoms with E-state index in [1.54, 1.807) is 0 Å². The van der Waals surface area contributed by atoms with Crippen molar-refractivity contribution >= 4 is 11.6 Å². The standard InChI is InChI=1S/C14H23N3O/c1-12(2)17(3)10-9-15-11-14(18)16-13-7-5-4-6-8-13/h4-8,12,15H,9-11H2,1-3H3,(H,16,18). The first kappa shape index (κ1) is 14.7. The Balaban J connectivity index is 2.15. The van der Waals surface area contributed by atoms with Gasteiger partial charge in [0.05, 0.1) is 6.54 Å². The van der Waals surface area contributed by atoms with E-state index in [9.17, 15) is 4.79 Å². The van der Waals surface area contributed by atoms with Crippen molar-refractivity contribution < 1.29 is 4.79 Å². The molecule has 0 bridgehead atoms. The van der Waals surface area contributed by atoms with Gasteiger partial charge in [-0.1, -0.05) is 18.2 Å². The van der Waals surface area contributed by atoms with Gasteiger partial charge in [-0.25, -0.2) is 0 Å². The molecule has 0 aliphatic carbocycles. The topological polar surface area (TPSA) is 44.4 Å². The molecule has 0 fully saturated rings. The molecule has 0 aromatic heterocycles. The third-order valence-corrected chi connectivity index (χ3v) is 2.87. The van der Waals surface area contributed by atoms with Crippen LogP contribution >= 0.6 is 0 Å². The summed E-state index contributed by atoms with van der Waals surface area (Å²) in [4.78, 5) is 13.8. The monoisotopic (exact) mass is 249 g/mol. The van der Waals surface area contributed by atoms with Gasteiger partial charge in [0, 0.05) is 24.8 Å². The van der Waals surface area contributed by atoms with Crippen molar-refractivity contribution in [1.82, 2.24) is 10.2 Å². The lowest BCUT2D eigenvalue weighted by atomic mass is 10.3. The van der Waals surface area contributed by atoms with Crippen LogP contribution in [-0.4, -0.2) is 43.5 Å². The third-order valence-electron chi connectivity index (χ3n) is 2.87. The lowest BCUT2D eigenvalue weighted by Gasteiger charge is -2.20. The van der Waals surface area contributed by atoms with Gasteiger partial charge in [-0.3, -0.25) is 4.79 Å². The molecule has 0 atom stereocenters. The van der Waals surface area contributed by atoms with Gasteiger partial charge in [-0.05, 0) is 33.0 Å². The number of carbonyl (C=O) groups is 1. The molecule has 4 heteroatoms. The first-order chi connectivity index (χ1) is 8.59. The molecule has 100 valence electrons. The van der Waals surface area contributed by atoms with Crippen LogP contribution in [0.2, 0.25) is 0 Å². The number of rotatable bonds is 7. The number of nitrogens with one attached hydrogen (secondary N) is 2. The number of nitrogens with zero attached hydrogens (tertiary/aromatic N) is 1. The summed E-state index contributed by atoms with van der Waals surface area (Å²) in [6.07, 6.45) is 0. The smallest absolute Gasteiger partial charge is 0.238 e. The molecule has 1 aromatic carbocycles. The van der Waals surface area contributed by atoms with Gasteiger partial charge >= 0.3 is 0 Å². The van der Waals surface area contributed by atoms with Crippen LogP contribution in [0.1, 0.15) is 13.8 Å². The SMILES string of the molecule is CC(C)N(C)CCNCC(=O)Nc1ccccc1. The fourth-order valence-corrected chi connectivity index (χ4v) is 1.44. The van der Waals surface area contributed by atoms with E-state index in [-0.39, 0.29) is 5.91 Å². The summed E-state index contributed by atoms with van der Waals surface area (Å²) in [6, 6.07) is 10.0. The van der Waals surface area contributed by atoms with Crippen LogP contribution in [0.3, 0.4) is 0 Å². The summed E-state index contributed by atoms with van der Waals surface area (Å²) >= 11 is 0. The van der Waals surface area contributed by atoms with E-state index in [4.69, 9.17) is 0 Å². The molecule has 1 rings (SSSR count). The summed E-state index contributed by atoms with van der Waals surface area (Å²) in [7, 11) is 2.08. The second-order valence-electron chi connectivity index (χ2n) is 4.67. The number of likely N-dealkylation sites (N-methyl/N-ethyl adjacent to an activating group) is 1. The Labute approximate surface area is 109 Å². The number of amides is 1. The van der Waals surface area contributed by atoms with Crippen LogP contribution in [0.25, 0.3) is 0 Å². The van der Waals surface area contributed by atoms with Crippen molar-refractivity contribution in [2.75, 3.05) is 32.0 Å². The average Bonchev–Trinajstić information content (AvgIpc) is 2.35. The summed E-state index contributed by atoms with van der Waals surface area (Å²) in [6.45, 7) is 6.41. The molecule has 0 aliphatic rings. The zero-order valence-electron chi connectivity index (χ0n) is 11.4. The maximum absolute atomic E-state index is 11.6. The van der Waals surface area contributed by atoms with Crippen LogP contribution in [0.5, 0.6) is 0 Å². The average molecular weight is 249 g/mol. The fourth-order valence-electron chi connectivity index (χ4n) is 1.44. The van der Waals surface area contributed by atoms with Gasteiger partial charge in [0.2, 0.25) is 5.91 Å². The molecule has 0 spiro atoms. The molecule has 0 saturated heterocycles. The molecule has 2 N–H and O–H groups in total.